The second-order valence-electron chi connectivity index (χ2n) is 9.61. The molecule has 1 aromatic carbocycles. The summed E-state index contributed by atoms with van der Waals surface area (Å²) in [6, 6.07) is 6.09. The molecule has 4 heterocycles. The quantitative estimate of drug-likeness (QED) is 0.406. The maximum atomic E-state index is 15.6. The highest BCUT2D eigenvalue weighted by molar-refractivity contribution is 5.80. The van der Waals surface area contributed by atoms with Crippen molar-refractivity contribution in [2.75, 3.05) is 13.1 Å². The molecule has 8 nitrogen and oxygen atoms in total. The Bertz CT molecular complexity index is 1620. The summed E-state index contributed by atoms with van der Waals surface area (Å²) < 4.78 is 32.9. The van der Waals surface area contributed by atoms with Gasteiger partial charge in [0.2, 0.25) is 0 Å². The first kappa shape index (κ1) is 24.8. The highest BCUT2D eigenvalue weighted by atomic mass is 19.1. The molecule has 1 aliphatic heterocycles. The predicted molar refractivity (Wildman–Crippen MR) is 136 cm³/mol. The zero-order chi connectivity index (χ0) is 26.4. The Labute approximate surface area is 211 Å². The molecule has 0 unspecified atom stereocenters. The monoisotopic (exact) mass is 507 g/mol. The Balaban J connectivity index is 1.97. The summed E-state index contributed by atoms with van der Waals surface area (Å²) in [6.07, 6.45) is 2.76. The lowest BCUT2D eigenvalue weighted by atomic mass is 10.0. The van der Waals surface area contributed by atoms with E-state index in [0.717, 1.165) is 16.7 Å². The Morgan fingerprint density at radius 3 is 2.49 bits per heavy atom. The van der Waals surface area contributed by atoms with Crippen molar-refractivity contribution >= 4 is 11.2 Å². The topological polar surface area (TPSA) is 102 Å². The number of aromatic nitrogens is 4. The molecule has 3 aromatic heterocycles. The molecule has 0 spiro atoms. The molecule has 5 rings (SSSR count). The molecule has 1 aliphatic rings. The number of rotatable bonds is 4. The second-order valence-corrected chi connectivity index (χ2v) is 9.61. The lowest BCUT2D eigenvalue weighted by Crippen LogP contribution is -2.45. The van der Waals surface area contributed by atoms with E-state index in [4.69, 9.17) is 0 Å². The van der Waals surface area contributed by atoms with Crippen LogP contribution in [0.2, 0.25) is 0 Å². The standard InChI is InChI=1S/C27H27F2N5O3/c1-14(2)22-24(15(3)7-12-31-22)34-25-19(33(26(36)27(34)37)16-8-10-30-11-9-16)13-18(29)23(32-25)21-17(28)5-4-6-20(21)35/h4-7,12-14,16,30,35H,8-11H2,1-3H3. The normalized spacial score (nSPS) is 14.5. The van der Waals surface area contributed by atoms with E-state index in [1.807, 2.05) is 13.8 Å². The van der Waals surface area contributed by atoms with Crippen molar-refractivity contribution in [3.63, 3.8) is 0 Å². The first-order chi connectivity index (χ1) is 17.7. The number of aryl methyl sites for hydroxylation is 1. The van der Waals surface area contributed by atoms with E-state index in [2.05, 4.69) is 15.3 Å². The molecule has 0 saturated carbocycles. The highest BCUT2D eigenvalue weighted by Gasteiger charge is 2.28. The summed E-state index contributed by atoms with van der Waals surface area (Å²) in [6.45, 7) is 6.87. The molecule has 0 aliphatic carbocycles. The van der Waals surface area contributed by atoms with Crippen LogP contribution in [0, 0.1) is 18.6 Å². The van der Waals surface area contributed by atoms with Gasteiger partial charge in [0, 0.05) is 18.3 Å². The predicted octanol–water partition coefficient (Wildman–Crippen LogP) is 3.95. The molecule has 1 saturated heterocycles. The van der Waals surface area contributed by atoms with Crippen LogP contribution in [0.1, 0.15) is 49.9 Å². The van der Waals surface area contributed by atoms with Gasteiger partial charge in [0.15, 0.2) is 11.5 Å². The van der Waals surface area contributed by atoms with Gasteiger partial charge in [-0.25, -0.2) is 13.8 Å². The smallest absolute Gasteiger partial charge is 0.322 e. The summed E-state index contributed by atoms with van der Waals surface area (Å²) in [5, 5.41) is 13.6. The number of hydrogen-bond donors (Lipinski definition) is 2. The zero-order valence-electron chi connectivity index (χ0n) is 20.8. The van der Waals surface area contributed by atoms with Gasteiger partial charge in [-0.3, -0.25) is 23.7 Å². The van der Waals surface area contributed by atoms with Gasteiger partial charge in [0.25, 0.3) is 0 Å². The molecule has 0 radical (unpaired) electrons. The van der Waals surface area contributed by atoms with Crippen LogP contribution >= 0.6 is 0 Å². The van der Waals surface area contributed by atoms with Gasteiger partial charge in [-0.2, -0.15) is 0 Å². The van der Waals surface area contributed by atoms with Crippen molar-refractivity contribution < 1.29 is 13.9 Å². The maximum Gasteiger partial charge on any atom is 0.322 e. The number of aromatic hydroxyl groups is 1. The third-order valence-electron chi connectivity index (χ3n) is 6.84. The Morgan fingerprint density at radius 1 is 1.08 bits per heavy atom. The fraction of sp³-hybridized carbons (Fsp3) is 0.333. The largest absolute Gasteiger partial charge is 0.507 e. The summed E-state index contributed by atoms with van der Waals surface area (Å²) in [5.74, 6) is -2.40. The number of hydrogen-bond acceptors (Lipinski definition) is 6. The molecular weight excluding hydrogens is 480 g/mol. The van der Waals surface area contributed by atoms with Crippen molar-refractivity contribution in [3.8, 4) is 22.7 Å². The maximum absolute atomic E-state index is 15.6. The molecule has 0 amide bonds. The number of nitrogens with zero attached hydrogens (tertiary/aromatic N) is 4. The highest BCUT2D eigenvalue weighted by Crippen LogP contribution is 2.35. The van der Waals surface area contributed by atoms with E-state index in [9.17, 15) is 19.1 Å². The average molecular weight is 508 g/mol. The van der Waals surface area contributed by atoms with E-state index < -0.39 is 39.8 Å². The van der Waals surface area contributed by atoms with Crippen LogP contribution in [0.15, 0.2) is 46.1 Å². The van der Waals surface area contributed by atoms with Gasteiger partial charge in [-0.1, -0.05) is 19.9 Å². The molecule has 10 heteroatoms. The van der Waals surface area contributed by atoms with Crippen molar-refractivity contribution in [1.82, 2.24) is 24.4 Å². The molecular formula is C27H27F2N5O3. The van der Waals surface area contributed by atoms with Crippen molar-refractivity contribution in [1.29, 1.82) is 0 Å². The number of benzene rings is 1. The van der Waals surface area contributed by atoms with Gasteiger partial charge < -0.3 is 10.4 Å². The molecule has 37 heavy (non-hydrogen) atoms. The van der Waals surface area contributed by atoms with Gasteiger partial charge >= 0.3 is 11.1 Å². The third kappa shape index (κ3) is 4.11. The molecule has 1 fully saturated rings. The third-order valence-corrected chi connectivity index (χ3v) is 6.84. The number of phenolic OH excluding ortho intramolecular Hbond substituents is 1. The summed E-state index contributed by atoms with van der Waals surface area (Å²) in [7, 11) is 0. The van der Waals surface area contributed by atoms with Gasteiger partial charge in [-0.15, -0.1) is 0 Å². The van der Waals surface area contributed by atoms with Crippen LogP contribution < -0.4 is 16.4 Å². The van der Waals surface area contributed by atoms with Crippen molar-refractivity contribution in [3.05, 3.63) is 80.1 Å². The number of halogens is 2. The lowest BCUT2D eigenvalue weighted by molar-refractivity contribution is 0.366. The summed E-state index contributed by atoms with van der Waals surface area (Å²) >= 11 is 0. The van der Waals surface area contributed by atoms with Crippen molar-refractivity contribution in [2.45, 2.75) is 45.6 Å². The van der Waals surface area contributed by atoms with Crippen LogP contribution in [0.4, 0.5) is 8.78 Å². The van der Waals surface area contributed by atoms with Crippen LogP contribution in [0.5, 0.6) is 5.75 Å². The van der Waals surface area contributed by atoms with Gasteiger partial charge in [0.05, 0.1) is 22.5 Å². The van der Waals surface area contributed by atoms with E-state index in [1.165, 1.54) is 16.7 Å². The van der Waals surface area contributed by atoms with E-state index in [0.29, 0.717) is 42.9 Å². The Kier molecular flexibility index (Phi) is 6.36. The Hall–Kier alpha value is -3.92. The van der Waals surface area contributed by atoms with Crippen LogP contribution in [0.25, 0.3) is 28.1 Å². The van der Waals surface area contributed by atoms with Crippen molar-refractivity contribution in [2.24, 2.45) is 0 Å². The first-order valence-corrected chi connectivity index (χ1v) is 12.2. The summed E-state index contributed by atoms with van der Waals surface area (Å²) in [5.41, 5.74) is -0.818. The van der Waals surface area contributed by atoms with Gasteiger partial charge in [0.1, 0.15) is 17.3 Å². The fourth-order valence-corrected chi connectivity index (χ4v) is 5.06. The van der Waals surface area contributed by atoms with E-state index >= 15 is 4.39 Å². The fourth-order valence-electron chi connectivity index (χ4n) is 5.06. The minimum absolute atomic E-state index is 0.0137. The average Bonchev–Trinajstić information content (AvgIpc) is 2.86. The molecule has 4 aromatic rings. The van der Waals surface area contributed by atoms with Crippen LogP contribution in [-0.4, -0.2) is 37.3 Å². The minimum Gasteiger partial charge on any atom is -0.507 e. The van der Waals surface area contributed by atoms with Crippen LogP contribution in [-0.2, 0) is 0 Å². The number of phenols is 1. The van der Waals surface area contributed by atoms with Gasteiger partial charge in [-0.05, 0) is 62.5 Å². The molecule has 0 atom stereocenters. The molecule has 0 bridgehead atoms. The molecule has 2 N–H and O–H groups in total. The number of fused-ring (bicyclic) bond motifs is 1. The number of piperidine rings is 1. The SMILES string of the molecule is Cc1ccnc(C(C)C)c1-n1c(=O)c(=O)n(C2CCNCC2)c2cc(F)c(-c3c(O)cccc3F)nc21. The van der Waals surface area contributed by atoms with Crippen LogP contribution in [0.3, 0.4) is 0 Å². The lowest BCUT2D eigenvalue weighted by Gasteiger charge is -2.27. The zero-order valence-corrected chi connectivity index (χ0v) is 20.8. The summed E-state index contributed by atoms with van der Waals surface area (Å²) in [4.78, 5) is 36.2. The number of pyridine rings is 2. The number of nitrogens with one attached hydrogen (secondary N) is 1. The minimum atomic E-state index is -0.924. The second kappa shape index (κ2) is 9.51. The first-order valence-electron chi connectivity index (χ1n) is 12.2. The van der Waals surface area contributed by atoms with E-state index in [-0.39, 0.29) is 23.1 Å². The van der Waals surface area contributed by atoms with E-state index in [1.54, 1.807) is 19.2 Å². The Morgan fingerprint density at radius 2 is 1.81 bits per heavy atom. The molecule has 192 valence electrons.